The second-order valence-corrected chi connectivity index (χ2v) is 7.33. The molecule has 0 aliphatic carbocycles. The third-order valence-electron chi connectivity index (χ3n) is 4.59. The van der Waals surface area contributed by atoms with Crippen LogP contribution in [0, 0.1) is 0 Å². The fourth-order valence-corrected chi connectivity index (χ4v) is 4.01. The lowest BCUT2D eigenvalue weighted by Crippen LogP contribution is -2.43. The van der Waals surface area contributed by atoms with E-state index in [1.54, 1.807) is 4.90 Å². The largest absolute Gasteiger partial charge is 0.337 e. The van der Waals surface area contributed by atoms with Gasteiger partial charge in [-0.15, -0.1) is 0 Å². The van der Waals surface area contributed by atoms with Gasteiger partial charge in [0, 0.05) is 5.75 Å². The number of carbonyl (C=O) groups excluding carboxylic acids is 1. The Kier molecular flexibility index (Phi) is 6.10. The highest BCUT2D eigenvalue weighted by molar-refractivity contribution is 7.97. The molecular weight excluding hydrogens is 335 g/mol. The molecule has 3 atom stereocenters. The summed E-state index contributed by atoms with van der Waals surface area (Å²) in [6.45, 7) is 2.18. The third-order valence-corrected chi connectivity index (χ3v) is 5.32. The van der Waals surface area contributed by atoms with Crippen molar-refractivity contribution in [1.29, 1.82) is 0 Å². The Morgan fingerprint density at radius 2 is 1.96 bits per heavy atom. The number of amides is 1. The van der Waals surface area contributed by atoms with Gasteiger partial charge in [0.15, 0.2) is 0 Å². The van der Waals surface area contributed by atoms with E-state index >= 15 is 0 Å². The fourth-order valence-electron chi connectivity index (χ4n) is 3.35. The van der Waals surface area contributed by atoms with Gasteiger partial charge in [0.1, 0.15) is 6.17 Å². The van der Waals surface area contributed by atoms with Gasteiger partial charge < -0.3 is 4.90 Å². The summed E-state index contributed by atoms with van der Waals surface area (Å²) >= 11 is 1.50. The van der Waals surface area contributed by atoms with Crippen molar-refractivity contribution < 1.29 is 9.18 Å². The Labute approximate surface area is 152 Å². The molecule has 0 aromatic heterocycles. The Morgan fingerprint density at radius 1 is 1.20 bits per heavy atom. The quantitative estimate of drug-likeness (QED) is 0.605. The predicted octanol–water partition coefficient (Wildman–Crippen LogP) is 3.70. The summed E-state index contributed by atoms with van der Waals surface area (Å²) in [5.41, 5.74) is 3.40. The number of hydrogen-bond acceptors (Lipinski definition) is 3. The molecular formula is C20H23FN2OS. The number of benzene rings is 2. The summed E-state index contributed by atoms with van der Waals surface area (Å²) in [5.74, 6) is 0.862. The van der Waals surface area contributed by atoms with Crippen LogP contribution in [0.1, 0.15) is 12.5 Å². The summed E-state index contributed by atoms with van der Waals surface area (Å²) in [7, 11) is 0. The summed E-state index contributed by atoms with van der Waals surface area (Å²) < 4.78 is 17.6. The van der Waals surface area contributed by atoms with Gasteiger partial charge >= 0.3 is 0 Å². The van der Waals surface area contributed by atoms with Crippen molar-refractivity contribution in [3.05, 3.63) is 60.2 Å². The summed E-state index contributed by atoms with van der Waals surface area (Å²) in [4.78, 5) is 13.0. The first kappa shape index (κ1) is 18.0. The van der Waals surface area contributed by atoms with Crippen LogP contribution in [0.15, 0.2) is 54.6 Å². The van der Waals surface area contributed by atoms with E-state index < -0.39 is 6.17 Å². The minimum Gasteiger partial charge on any atom is -0.337 e. The Bertz CT molecular complexity index is 697. The molecule has 1 N–H and O–H groups in total. The summed E-state index contributed by atoms with van der Waals surface area (Å²) in [5, 5.41) is 0. The number of hydrogen-bond donors (Lipinski definition) is 1. The minimum atomic E-state index is -1.04. The summed E-state index contributed by atoms with van der Waals surface area (Å²) in [6.07, 6.45) is 0.379. The molecule has 0 spiro atoms. The van der Waals surface area contributed by atoms with Gasteiger partial charge in [0.2, 0.25) is 6.41 Å². The Balaban J connectivity index is 1.80. The zero-order valence-electron chi connectivity index (χ0n) is 14.3. The highest BCUT2D eigenvalue weighted by Crippen LogP contribution is 2.27. The van der Waals surface area contributed by atoms with Crippen molar-refractivity contribution in [3.63, 3.8) is 0 Å². The maximum absolute atomic E-state index is 14.4. The molecule has 0 radical (unpaired) electrons. The molecule has 2 aromatic rings. The lowest BCUT2D eigenvalue weighted by atomic mass is 9.97. The molecule has 3 rings (SSSR count). The molecule has 1 fully saturated rings. The number of nitrogens with zero attached hydrogens (tertiary/aromatic N) is 1. The van der Waals surface area contributed by atoms with Crippen LogP contribution < -0.4 is 4.72 Å². The zero-order chi connectivity index (χ0) is 17.6. The molecule has 5 heteroatoms. The number of halogens is 1. The lowest BCUT2D eigenvalue weighted by molar-refractivity contribution is -0.119. The third kappa shape index (κ3) is 4.22. The van der Waals surface area contributed by atoms with Gasteiger partial charge in [-0.1, -0.05) is 73.5 Å². The van der Waals surface area contributed by atoms with Gasteiger partial charge in [0.05, 0.1) is 18.6 Å². The van der Waals surface area contributed by atoms with Crippen molar-refractivity contribution >= 4 is 18.4 Å². The molecule has 3 nitrogen and oxygen atoms in total. The fraction of sp³-hybridized carbons (Fsp3) is 0.350. The van der Waals surface area contributed by atoms with Crippen molar-refractivity contribution in [2.45, 2.75) is 31.6 Å². The Hall–Kier alpha value is -1.85. The molecule has 1 saturated heterocycles. The molecule has 1 heterocycles. The predicted molar refractivity (Wildman–Crippen MR) is 102 cm³/mol. The van der Waals surface area contributed by atoms with Crippen molar-refractivity contribution in [2.75, 3.05) is 12.3 Å². The normalized spacial score (nSPS) is 23.0. The standard InChI is InChI=1S/C20H23FN2OS/c1-2-25-22-20-18(21)13-23(14-24)19(20)12-15-7-6-10-17(11-15)16-8-4-3-5-9-16/h3-11,14,18-20,22H,2,12-13H2,1H3. The molecule has 0 saturated carbocycles. The van der Waals surface area contributed by atoms with E-state index in [2.05, 4.69) is 29.0 Å². The molecule has 132 valence electrons. The van der Waals surface area contributed by atoms with Crippen LogP contribution in [-0.2, 0) is 11.2 Å². The first-order valence-corrected chi connectivity index (χ1v) is 9.58. The molecule has 3 unspecified atom stereocenters. The smallest absolute Gasteiger partial charge is 0.210 e. The summed E-state index contributed by atoms with van der Waals surface area (Å²) in [6, 6.07) is 18.0. The second kappa shape index (κ2) is 8.50. The molecule has 1 amide bonds. The van der Waals surface area contributed by atoms with Gasteiger partial charge in [0.25, 0.3) is 0 Å². The topological polar surface area (TPSA) is 32.3 Å². The Morgan fingerprint density at radius 3 is 2.68 bits per heavy atom. The van der Waals surface area contributed by atoms with E-state index in [1.807, 2.05) is 37.3 Å². The maximum atomic E-state index is 14.4. The van der Waals surface area contributed by atoms with E-state index in [1.165, 1.54) is 11.9 Å². The molecule has 1 aliphatic rings. The average Bonchev–Trinajstić information content (AvgIpc) is 2.95. The first-order valence-electron chi connectivity index (χ1n) is 8.59. The molecule has 25 heavy (non-hydrogen) atoms. The van der Waals surface area contributed by atoms with E-state index in [0.29, 0.717) is 6.42 Å². The van der Waals surface area contributed by atoms with Gasteiger partial charge in [-0.25, -0.2) is 4.39 Å². The number of likely N-dealkylation sites (tertiary alicyclic amines) is 1. The van der Waals surface area contributed by atoms with Crippen molar-refractivity contribution in [3.8, 4) is 11.1 Å². The van der Waals surface area contributed by atoms with Gasteiger partial charge in [-0.3, -0.25) is 9.52 Å². The maximum Gasteiger partial charge on any atom is 0.210 e. The first-order chi connectivity index (χ1) is 12.2. The average molecular weight is 358 g/mol. The van der Waals surface area contributed by atoms with E-state index in [4.69, 9.17) is 0 Å². The van der Waals surface area contributed by atoms with Crippen molar-refractivity contribution in [2.24, 2.45) is 0 Å². The molecule has 1 aliphatic heterocycles. The lowest BCUT2D eigenvalue weighted by Gasteiger charge is -2.25. The van der Waals surface area contributed by atoms with Crippen LogP contribution in [-0.4, -0.2) is 41.9 Å². The van der Waals surface area contributed by atoms with Crippen LogP contribution >= 0.6 is 11.9 Å². The highest BCUT2D eigenvalue weighted by atomic mass is 32.2. The van der Waals surface area contributed by atoms with Crippen molar-refractivity contribution in [1.82, 2.24) is 9.62 Å². The number of carbonyl (C=O) groups is 1. The van der Waals surface area contributed by atoms with Crippen LogP contribution in [0.25, 0.3) is 11.1 Å². The monoisotopic (exact) mass is 358 g/mol. The van der Waals surface area contributed by atoms with Gasteiger partial charge in [-0.2, -0.15) is 0 Å². The zero-order valence-corrected chi connectivity index (χ0v) is 15.1. The number of rotatable bonds is 7. The molecule has 2 aromatic carbocycles. The van der Waals surface area contributed by atoms with E-state index in [9.17, 15) is 9.18 Å². The van der Waals surface area contributed by atoms with Crippen LogP contribution in [0.3, 0.4) is 0 Å². The number of alkyl halides is 1. The van der Waals surface area contributed by atoms with Crippen LogP contribution in [0.5, 0.6) is 0 Å². The molecule has 0 bridgehead atoms. The van der Waals surface area contributed by atoms with Crippen LogP contribution in [0.2, 0.25) is 0 Å². The minimum absolute atomic E-state index is 0.161. The second-order valence-electron chi connectivity index (χ2n) is 6.23. The van der Waals surface area contributed by atoms with Crippen LogP contribution in [0.4, 0.5) is 4.39 Å². The van der Waals surface area contributed by atoms with E-state index in [0.717, 1.165) is 28.9 Å². The highest BCUT2D eigenvalue weighted by Gasteiger charge is 2.41. The van der Waals surface area contributed by atoms with E-state index in [-0.39, 0.29) is 18.6 Å². The number of nitrogens with one attached hydrogen (secondary N) is 1. The SMILES string of the molecule is CCSNC1C(F)CN(C=O)C1Cc1cccc(-c2ccccc2)c1. The van der Waals surface area contributed by atoms with Gasteiger partial charge in [-0.05, 0) is 23.1 Å².